The van der Waals surface area contributed by atoms with Crippen molar-refractivity contribution in [3.63, 3.8) is 0 Å². The van der Waals surface area contributed by atoms with E-state index in [2.05, 4.69) is 18.8 Å². The molecule has 4 heteroatoms. The lowest BCUT2D eigenvalue weighted by Gasteiger charge is -1.97. The fourth-order valence-electron chi connectivity index (χ4n) is 2.12. The lowest BCUT2D eigenvalue weighted by atomic mass is 10.1. The molecule has 0 N–H and O–H groups in total. The van der Waals surface area contributed by atoms with Gasteiger partial charge in [-0.3, -0.25) is 10.1 Å². The molecular weight excluding hydrogens is 278 g/mol. The van der Waals surface area contributed by atoms with Crippen LogP contribution in [-0.2, 0) is 4.79 Å². The van der Waals surface area contributed by atoms with Gasteiger partial charge in [-0.1, -0.05) is 44.9 Å². The number of aldehydes is 1. The Labute approximate surface area is 134 Å². The molecule has 0 heterocycles. The highest BCUT2D eigenvalue weighted by Crippen LogP contribution is 2.10. The quantitative estimate of drug-likeness (QED) is 0.157. The van der Waals surface area contributed by atoms with Crippen LogP contribution in [-0.4, -0.2) is 11.2 Å². The summed E-state index contributed by atoms with van der Waals surface area (Å²) in [4.78, 5) is 20.7. The summed E-state index contributed by atoms with van der Waals surface area (Å²) in [5.74, 6) is 6.07. The molecule has 0 bridgehead atoms. The van der Waals surface area contributed by atoms with Crippen LogP contribution in [0.2, 0.25) is 0 Å². The molecule has 0 atom stereocenters. The molecule has 4 nitrogen and oxygen atoms in total. The van der Waals surface area contributed by atoms with E-state index in [1.54, 1.807) is 6.08 Å². The molecule has 0 aliphatic carbocycles. The molecule has 22 heavy (non-hydrogen) atoms. The molecular formula is C18H29NO3. The van der Waals surface area contributed by atoms with Gasteiger partial charge in [0.1, 0.15) is 6.29 Å². The van der Waals surface area contributed by atoms with Gasteiger partial charge in [-0.15, -0.1) is 5.92 Å². The Hall–Kier alpha value is -1.63. The second-order valence-corrected chi connectivity index (χ2v) is 5.44. The summed E-state index contributed by atoms with van der Waals surface area (Å²) in [7, 11) is 0. The van der Waals surface area contributed by atoms with Gasteiger partial charge in [-0.2, -0.15) is 0 Å². The zero-order valence-corrected chi connectivity index (χ0v) is 13.8. The topological polar surface area (TPSA) is 60.2 Å². The Balaban J connectivity index is 3.82. The van der Waals surface area contributed by atoms with Crippen molar-refractivity contribution < 1.29 is 9.72 Å². The molecule has 0 aliphatic heterocycles. The molecule has 0 unspecified atom stereocenters. The first kappa shape index (κ1) is 20.4. The van der Waals surface area contributed by atoms with Crippen molar-refractivity contribution in [2.45, 2.75) is 84.0 Å². The summed E-state index contributed by atoms with van der Waals surface area (Å²) < 4.78 is 0. The van der Waals surface area contributed by atoms with Crippen LogP contribution in [0.3, 0.4) is 0 Å². The summed E-state index contributed by atoms with van der Waals surface area (Å²) in [6.07, 6.45) is 13.6. The number of carbonyl (C=O) groups excluding carboxylic acids is 1. The van der Waals surface area contributed by atoms with Crippen LogP contribution in [0.5, 0.6) is 0 Å². The van der Waals surface area contributed by atoms with Crippen molar-refractivity contribution in [2.24, 2.45) is 0 Å². The maximum Gasteiger partial charge on any atom is 0.243 e. The Kier molecular flexibility index (Phi) is 14.6. The average molecular weight is 307 g/mol. The zero-order chi connectivity index (χ0) is 16.5. The number of carbonyl (C=O) groups is 1. The van der Waals surface area contributed by atoms with Crippen molar-refractivity contribution in [3.8, 4) is 11.8 Å². The molecule has 0 amide bonds. The second kappa shape index (κ2) is 15.8. The molecule has 124 valence electrons. The Bertz CT molecular complexity index is 391. The predicted octanol–water partition coefficient (Wildman–Crippen LogP) is 5.05. The molecule has 0 aromatic carbocycles. The maximum atomic E-state index is 10.9. The molecule has 0 aromatic rings. The van der Waals surface area contributed by atoms with E-state index < -0.39 is 0 Å². The molecule has 0 saturated heterocycles. The van der Waals surface area contributed by atoms with E-state index in [0.717, 1.165) is 19.1 Å². The summed E-state index contributed by atoms with van der Waals surface area (Å²) in [5.41, 5.74) is 0.222. The number of allylic oxidation sites excluding steroid dienone is 2. The molecule has 0 fully saturated rings. The number of hydrogen-bond donors (Lipinski definition) is 0. The standard InChI is InChI=1S/C18H29NO3/c1-2-3-4-5-6-7-8-9-10-12-15-18(19(21)22)16-13-11-14-17-20/h15,17H,2-8,11-14,16H2,1H3. The first-order valence-electron chi connectivity index (χ1n) is 8.45. The van der Waals surface area contributed by atoms with Crippen LogP contribution in [0.4, 0.5) is 0 Å². The van der Waals surface area contributed by atoms with Gasteiger partial charge >= 0.3 is 0 Å². The highest BCUT2D eigenvalue weighted by molar-refractivity contribution is 5.48. The van der Waals surface area contributed by atoms with Crippen molar-refractivity contribution >= 4 is 6.29 Å². The van der Waals surface area contributed by atoms with Gasteiger partial charge in [0.15, 0.2) is 0 Å². The third-order valence-electron chi connectivity index (χ3n) is 3.46. The lowest BCUT2D eigenvalue weighted by Crippen LogP contribution is -1.98. The summed E-state index contributed by atoms with van der Waals surface area (Å²) in [6, 6.07) is 0. The Morgan fingerprint density at radius 3 is 2.45 bits per heavy atom. The monoisotopic (exact) mass is 307 g/mol. The van der Waals surface area contributed by atoms with Crippen molar-refractivity contribution in [3.05, 3.63) is 21.9 Å². The van der Waals surface area contributed by atoms with Crippen molar-refractivity contribution in [1.29, 1.82) is 0 Å². The highest BCUT2D eigenvalue weighted by atomic mass is 16.6. The molecule has 0 radical (unpaired) electrons. The smallest absolute Gasteiger partial charge is 0.243 e. The first-order chi connectivity index (χ1) is 10.7. The van der Waals surface area contributed by atoms with E-state index in [0.29, 0.717) is 32.1 Å². The number of hydrogen-bond acceptors (Lipinski definition) is 3. The number of rotatable bonds is 13. The fraction of sp³-hybridized carbons (Fsp3) is 0.722. The SMILES string of the molecule is CCCCCCCCC#CCC=C(CCCCC=O)[N+](=O)[O-]. The predicted molar refractivity (Wildman–Crippen MR) is 90.0 cm³/mol. The van der Waals surface area contributed by atoms with Gasteiger partial charge < -0.3 is 4.79 Å². The van der Waals surface area contributed by atoms with E-state index in [1.165, 1.54) is 32.1 Å². The summed E-state index contributed by atoms with van der Waals surface area (Å²) >= 11 is 0. The van der Waals surface area contributed by atoms with Gasteiger partial charge in [-0.05, 0) is 19.3 Å². The minimum atomic E-state index is -0.337. The largest absolute Gasteiger partial charge is 0.303 e. The molecule has 0 rings (SSSR count). The fourth-order valence-corrected chi connectivity index (χ4v) is 2.12. The van der Waals surface area contributed by atoms with Crippen molar-refractivity contribution in [2.75, 3.05) is 0 Å². The van der Waals surface area contributed by atoms with Crippen LogP contribution in [0, 0.1) is 22.0 Å². The van der Waals surface area contributed by atoms with Crippen LogP contribution in [0.15, 0.2) is 11.8 Å². The lowest BCUT2D eigenvalue weighted by molar-refractivity contribution is -0.428. The van der Waals surface area contributed by atoms with E-state index in [9.17, 15) is 14.9 Å². The van der Waals surface area contributed by atoms with Crippen LogP contribution < -0.4 is 0 Å². The van der Waals surface area contributed by atoms with Crippen LogP contribution in [0.1, 0.15) is 84.0 Å². The summed E-state index contributed by atoms with van der Waals surface area (Å²) in [5, 5.41) is 10.9. The Morgan fingerprint density at radius 2 is 1.77 bits per heavy atom. The van der Waals surface area contributed by atoms with Crippen LogP contribution in [0.25, 0.3) is 0 Å². The van der Waals surface area contributed by atoms with Gasteiger partial charge in [0.25, 0.3) is 0 Å². The molecule has 0 saturated carbocycles. The van der Waals surface area contributed by atoms with Crippen LogP contribution >= 0.6 is 0 Å². The van der Waals surface area contributed by atoms with Gasteiger partial charge in [-0.25, -0.2) is 0 Å². The average Bonchev–Trinajstić information content (AvgIpc) is 2.50. The second-order valence-electron chi connectivity index (χ2n) is 5.44. The normalized spacial score (nSPS) is 10.9. The van der Waals surface area contributed by atoms with Gasteiger partial charge in [0.05, 0.1) is 4.92 Å². The third kappa shape index (κ3) is 13.4. The molecule has 0 aliphatic rings. The minimum absolute atomic E-state index is 0.222. The number of unbranched alkanes of at least 4 members (excludes halogenated alkanes) is 8. The molecule has 0 spiro atoms. The Morgan fingerprint density at radius 1 is 1.05 bits per heavy atom. The van der Waals surface area contributed by atoms with E-state index in [4.69, 9.17) is 0 Å². The van der Waals surface area contributed by atoms with Crippen molar-refractivity contribution in [1.82, 2.24) is 0 Å². The van der Waals surface area contributed by atoms with E-state index in [-0.39, 0.29) is 10.6 Å². The first-order valence-corrected chi connectivity index (χ1v) is 8.45. The summed E-state index contributed by atoms with van der Waals surface area (Å²) in [6.45, 7) is 2.21. The zero-order valence-electron chi connectivity index (χ0n) is 13.8. The third-order valence-corrected chi connectivity index (χ3v) is 3.46. The van der Waals surface area contributed by atoms with Gasteiger partial charge in [0, 0.05) is 31.8 Å². The minimum Gasteiger partial charge on any atom is -0.303 e. The van der Waals surface area contributed by atoms with Gasteiger partial charge in [0.2, 0.25) is 5.70 Å². The highest BCUT2D eigenvalue weighted by Gasteiger charge is 2.08. The number of nitro groups is 1. The maximum absolute atomic E-state index is 10.9. The van der Waals surface area contributed by atoms with E-state index >= 15 is 0 Å². The number of nitrogens with zero attached hydrogens (tertiary/aromatic N) is 1. The van der Waals surface area contributed by atoms with E-state index in [1.807, 2.05) is 0 Å². The molecule has 0 aromatic heterocycles.